The number of aryl methyl sites for hydroxylation is 1. The van der Waals surface area contributed by atoms with E-state index < -0.39 is 5.95 Å². The maximum atomic E-state index is 13.7. The quantitative estimate of drug-likeness (QED) is 0.446. The zero-order chi connectivity index (χ0) is 18.0. The van der Waals surface area contributed by atoms with E-state index in [1.54, 1.807) is 37.3 Å². The number of ether oxygens (including phenoxy) is 2. The molecule has 3 rings (SSSR count). The first-order valence-electron chi connectivity index (χ1n) is 7.27. The summed E-state index contributed by atoms with van der Waals surface area (Å²) in [6, 6.07) is 13.9. The zero-order valence-electron chi connectivity index (χ0n) is 13.1. The van der Waals surface area contributed by atoms with E-state index in [4.69, 9.17) is 38.4 Å². The van der Waals surface area contributed by atoms with Gasteiger partial charge in [-0.05, 0) is 31.2 Å². The molecule has 0 unspecified atom stereocenters. The van der Waals surface area contributed by atoms with Gasteiger partial charge in [0.15, 0.2) is 11.5 Å². The van der Waals surface area contributed by atoms with Crippen LogP contribution in [-0.2, 0) is 0 Å². The monoisotopic (exact) mass is 378 g/mol. The lowest BCUT2D eigenvalue weighted by molar-refractivity contribution is 0.456. The third kappa shape index (κ3) is 3.78. The molecular formula is C18H13Cl2FN2O2. The van der Waals surface area contributed by atoms with E-state index in [1.165, 1.54) is 0 Å². The number of para-hydroxylation sites is 1. The van der Waals surface area contributed by atoms with Gasteiger partial charge in [0.2, 0.25) is 5.95 Å². The average molecular weight is 379 g/mol. The highest BCUT2D eigenvalue weighted by Gasteiger charge is 2.18. The third-order valence-corrected chi connectivity index (χ3v) is 4.11. The molecule has 128 valence electrons. The van der Waals surface area contributed by atoms with Crippen molar-refractivity contribution >= 4 is 28.9 Å². The lowest BCUT2D eigenvalue weighted by Crippen LogP contribution is -1.97. The number of anilines is 1. The second-order valence-corrected chi connectivity index (χ2v) is 5.92. The second-order valence-electron chi connectivity index (χ2n) is 5.16. The Hall–Kier alpha value is -2.50. The molecule has 0 amide bonds. The van der Waals surface area contributed by atoms with Crippen LogP contribution in [0.3, 0.4) is 0 Å². The molecule has 2 N–H and O–H groups in total. The molecule has 0 fully saturated rings. The Morgan fingerprint density at radius 3 is 2.40 bits per heavy atom. The van der Waals surface area contributed by atoms with Crippen molar-refractivity contribution in [3.63, 3.8) is 0 Å². The Balaban J connectivity index is 1.94. The number of hydrogen-bond acceptors (Lipinski definition) is 4. The molecule has 0 aliphatic carbocycles. The number of nitrogens with zero attached hydrogens (tertiary/aromatic N) is 1. The van der Waals surface area contributed by atoms with Gasteiger partial charge in [-0.25, -0.2) is 4.98 Å². The van der Waals surface area contributed by atoms with Crippen molar-refractivity contribution in [3.8, 4) is 23.0 Å². The van der Waals surface area contributed by atoms with Crippen molar-refractivity contribution in [2.75, 3.05) is 5.73 Å². The van der Waals surface area contributed by atoms with Gasteiger partial charge in [-0.1, -0.05) is 41.4 Å². The molecule has 0 aliphatic heterocycles. The Bertz CT molecular complexity index is 894. The van der Waals surface area contributed by atoms with Gasteiger partial charge < -0.3 is 15.2 Å². The predicted octanol–water partition coefficient (Wildman–Crippen LogP) is 6.00. The summed E-state index contributed by atoms with van der Waals surface area (Å²) in [5, 5.41) is -0.160. The number of rotatable bonds is 4. The van der Waals surface area contributed by atoms with Crippen LogP contribution in [0.25, 0.3) is 0 Å². The molecule has 0 saturated heterocycles. The smallest absolute Gasteiger partial charge is 0.235 e. The molecule has 7 heteroatoms. The van der Waals surface area contributed by atoms with Gasteiger partial charge in [0.1, 0.15) is 21.5 Å². The molecule has 0 bridgehead atoms. The molecule has 1 aromatic heterocycles. The van der Waals surface area contributed by atoms with Crippen molar-refractivity contribution in [2.45, 2.75) is 6.92 Å². The first kappa shape index (κ1) is 17.3. The van der Waals surface area contributed by atoms with Crippen LogP contribution in [0.5, 0.6) is 23.0 Å². The number of nitrogen functional groups attached to an aromatic ring is 1. The van der Waals surface area contributed by atoms with Crippen LogP contribution in [0.15, 0.2) is 48.5 Å². The average Bonchev–Trinajstić information content (AvgIpc) is 2.60. The van der Waals surface area contributed by atoms with E-state index in [0.29, 0.717) is 22.9 Å². The topological polar surface area (TPSA) is 57.4 Å². The Labute approximate surface area is 153 Å². The summed E-state index contributed by atoms with van der Waals surface area (Å²) in [5.41, 5.74) is 6.63. The van der Waals surface area contributed by atoms with Gasteiger partial charge in [-0.2, -0.15) is 4.39 Å². The minimum absolute atomic E-state index is 0.0104. The molecule has 0 radical (unpaired) electrons. The van der Waals surface area contributed by atoms with Gasteiger partial charge in [0.25, 0.3) is 0 Å². The van der Waals surface area contributed by atoms with E-state index in [2.05, 4.69) is 4.98 Å². The van der Waals surface area contributed by atoms with Crippen LogP contribution in [-0.4, -0.2) is 4.98 Å². The number of aromatic nitrogens is 1. The summed E-state index contributed by atoms with van der Waals surface area (Å²) in [4.78, 5) is 3.61. The molecule has 0 atom stereocenters. The van der Waals surface area contributed by atoms with Crippen LogP contribution in [0.4, 0.5) is 10.1 Å². The van der Waals surface area contributed by atoms with Gasteiger partial charge in [-0.15, -0.1) is 0 Å². The number of halogens is 3. The third-order valence-electron chi connectivity index (χ3n) is 3.34. The van der Waals surface area contributed by atoms with E-state index in [9.17, 15) is 4.39 Å². The van der Waals surface area contributed by atoms with Crippen molar-refractivity contribution in [1.82, 2.24) is 4.98 Å². The zero-order valence-corrected chi connectivity index (χ0v) is 14.6. The molecule has 0 spiro atoms. The predicted molar refractivity (Wildman–Crippen MR) is 96.4 cm³/mol. The van der Waals surface area contributed by atoms with Crippen LogP contribution in [0, 0.1) is 12.9 Å². The standard InChI is InChI=1S/C18H13Cl2FN2O2/c1-10-15(19)17(16(20)18(21)23-10)25-12-7-8-13(22)14(9-12)24-11-5-3-2-4-6-11/h2-9H,22H2,1H3. The fourth-order valence-corrected chi connectivity index (χ4v) is 2.49. The van der Waals surface area contributed by atoms with E-state index in [0.717, 1.165) is 0 Å². The van der Waals surface area contributed by atoms with Crippen LogP contribution in [0.2, 0.25) is 10.0 Å². The minimum Gasteiger partial charge on any atom is -0.455 e. The molecule has 1 heterocycles. The number of benzene rings is 2. The Morgan fingerprint density at radius 2 is 1.68 bits per heavy atom. The van der Waals surface area contributed by atoms with E-state index in [1.807, 2.05) is 18.2 Å². The molecule has 25 heavy (non-hydrogen) atoms. The summed E-state index contributed by atoms with van der Waals surface area (Å²) in [7, 11) is 0. The minimum atomic E-state index is -0.852. The maximum absolute atomic E-state index is 13.7. The maximum Gasteiger partial charge on any atom is 0.235 e. The van der Waals surface area contributed by atoms with E-state index >= 15 is 0 Å². The molecule has 4 nitrogen and oxygen atoms in total. The SMILES string of the molecule is Cc1nc(F)c(Cl)c(Oc2ccc(N)c(Oc3ccccc3)c2)c1Cl. The van der Waals surface area contributed by atoms with Gasteiger partial charge in [-0.3, -0.25) is 0 Å². The summed E-state index contributed by atoms with van der Waals surface area (Å²) in [6.07, 6.45) is 0. The van der Waals surface area contributed by atoms with Gasteiger partial charge >= 0.3 is 0 Å². The van der Waals surface area contributed by atoms with Crippen LogP contribution < -0.4 is 15.2 Å². The van der Waals surface area contributed by atoms with E-state index in [-0.39, 0.29) is 21.5 Å². The summed E-state index contributed by atoms with van der Waals surface area (Å²) in [6.45, 7) is 1.56. The highest BCUT2D eigenvalue weighted by atomic mass is 35.5. The lowest BCUT2D eigenvalue weighted by atomic mass is 10.2. The lowest BCUT2D eigenvalue weighted by Gasteiger charge is -2.14. The fraction of sp³-hybridized carbons (Fsp3) is 0.0556. The molecular weight excluding hydrogens is 366 g/mol. The van der Waals surface area contributed by atoms with Gasteiger partial charge in [0.05, 0.1) is 11.4 Å². The van der Waals surface area contributed by atoms with Crippen LogP contribution in [0.1, 0.15) is 5.69 Å². The highest BCUT2D eigenvalue weighted by molar-refractivity contribution is 6.37. The molecule has 2 aromatic carbocycles. The number of hydrogen-bond donors (Lipinski definition) is 1. The Morgan fingerprint density at radius 1 is 0.960 bits per heavy atom. The first-order chi connectivity index (χ1) is 12.0. The summed E-state index contributed by atoms with van der Waals surface area (Å²) >= 11 is 12.0. The molecule has 3 aromatic rings. The van der Waals surface area contributed by atoms with Crippen molar-refractivity contribution in [2.24, 2.45) is 0 Å². The highest BCUT2D eigenvalue weighted by Crippen LogP contribution is 2.40. The first-order valence-corrected chi connectivity index (χ1v) is 8.02. The van der Waals surface area contributed by atoms with Crippen molar-refractivity contribution in [3.05, 3.63) is 70.2 Å². The largest absolute Gasteiger partial charge is 0.455 e. The van der Waals surface area contributed by atoms with Gasteiger partial charge in [0, 0.05) is 6.07 Å². The van der Waals surface area contributed by atoms with Crippen molar-refractivity contribution < 1.29 is 13.9 Å². The summed E-state index contributed by atoms with van der Waals surface area (Å²) < 4.78 is 25.1. The molecule has 0 aliphatic rings. The Kier molecular flexibility index (Phi) is 4.97. The fourth-order valence-electron chi connectivity index (χ4n) is 2.09. The summed E-state index contributed by atoms with van der Waals surface area (Å²) in [5.74, 6) is 0.489. The van der Waals surface area contributed by atoms with Crippen molar-refractivity contribution in [1.29, 1.82) is 0 Å². The normalized spacial score (nSPS) is 10.6. The van der Waals surface area contributed by atoms with Crippen LogP contribution >= 0.6 is 23.2 Å². The number of pyridine rings is 1. The molecule has 0 saturated carbocycles. The second kappa shape index (κ2) is 7.17. The number of nitrogens with two attached hydrogens (primary N) is 1.